The SMILES string of the molecule is CCCCCCCC/C=C\CC(CCO[SiH](C)C)OCc1ccc(OC)cc1. The molecule has 1 unspecified atom stereocenters. The number of methoxy groups -OCH3 is 1. The first-order valence-corrected chi connectivity index (χ1v) is 13.9. The van der Waals surface area contributed by atoms with Gasteiger partial charge >= 0.3 is 0 Å². The van der Waals surface area contributed by atoms with Crippen molar-refractivity contribution < 1.29 is 13.9 Å². The van der Waals surface area contributed by atoms with Crippen LogP contribution in [0.1, 0.15) is 70.3 Å². The lowest BCUT2D eigenvalue weighted by Gasteiger charge is -2.17. The van der Waals surface area contributed by atoms with Crippen LogP contribution in [0.25, 0.3) is 0 Å². The summed E-state index contributed by atoms with van der Waals surface area (Å²) in [7, 11) is 0.731. The smallest absolute Gasteiger partial charge is 0.170 e. The van der Waals surface area contributed by atoms with E-state index in [4.69, 9.17) is 13.9 Å². The Labute approximate surface area is 175 Å². The second kappa shape index (κ2) is 16.8. The molecule has 0 aliphatic rings. The van der Waals surface area contributed by atoms with Crippen LogP contribution in [0.4, 0.5) is 0 Å². The maximum atomic E-state index is 6.20. The standard InChI is InChI=1S/C24H42O3Si/c1-5-6-7-8-9-10-11-12-13-14-24(19-20-27-28(3)4)26-21-22-15-17-23(25-2)18-16-22/h12-13,15-18,24,28H,5-11,14,19-21H2,1-4H3/b13-12-. The fourth-order valence-electron chi connectivity index (χ4n) is 3.05. The summed E-state index contributed by atoms with van der Waals surface area (Å²) in [5.41, 5.74) is 1.18. The van der Waals surface area contributed by atoms with Crippen molar-refractivity contribution in [1.82, 2.24) is 0 Å². The van der Waals surface area contributed by atoms with Crippen LogP contribution in [0.15, 0.2) is 36.4 Å². The molecule has 4 heteroatoms. The number of ether oxygens (including phenoxy) is 2. The Morgan fingerprint density at radius 2 is 1.68 bits per heavy atom. The van der Waals surface area contributed by atoms with Crippen molar-refractivity contribution >= 4 is 9.04 Å². The molecule has 1 rings (SSSR count). The van der Waals surface area contributed by atoms with Crippen LogP contribution >= 0.6 is 0 Å². The van der Waals surface area contributed by atoms with Gasteiger partial charge in [-0.3, -0.25) is 0 Å². The van der Waals surface area contributed by atoms with Gasteiger partial charge in [-0.05, 0) is 56.5 Å². The number of rotatable bonds is 17. The monoisotopic (exact) mass is 406 g/mol. The Bertz CT molecular complexity index is 499. The molecule has 0 saturated carbocycles. The van der Waals surface area contributed by atoms with Gasteiger partial charge in [-0.2, -0.15) is 0 Å². The van der Waals surface area contributed by atoms with E-state index in [9.17, 15) is 0 Å². The van der Waals surface area contributed by atoms with Crippen molar-refractivity contribution in [3.8, 4) is 5.75 Å². The van der Waals surface area contributed by atoms with Gasteiger partial charge in [-0.15, -0.1) is 0 Å². The zero-order chi connectivity index (χ0) is 20.5. The van der Waals surface area contributed by atoms with E-state index in [1.54, 1.807) is 7.11 Å². The Hall–Kier alpha value is -1.10. The van der Waals surface area contributed by atoms with Gasteiger partial charge in [-0.1, -0.05) is 63.3 Å². The number of allylic oxidation sites excluding steroid dienone is 1. The molecule has 0 heterocycles. The molecule has 1 aromatic carbocycles. The maximum absolute atomic E-state index is 6.20. The molecule has 0 aliphatic heterocycles. The van der Waals surface area contributed by atoms with Crippen LogP contribution in [0, 0.1) is 0 Å². The quantitative estimate of drug-likeness (QED) is 0.164. The number of unbranched alkanes of at least 4 members (excludes halogenated alkanes) is 6. The lowest BCUT2D eigenvalue weighted by atomic mass is 10.1. The van der Waals surface area contributed by atoms with Crippen molar-refractivity contribution in [2.75, 3.05) is 13.7 Å². The van der Waals surface area contributed by atoms with Crippen LogP contribution in [-0.2, 0) is 15.8 Å². The molecule has 0 bridgehead atoms. The molecule has 0 aliphatic carbocycles. The van der Waals surface area contributed by atoms with Gasteiger partial charge in [0.15, 0.2) is 9.04 Å². The summed E-state index contributed by atoms with van der Waals surface area (Å²) in [6, 6.07) is 8.12. The number of benzene rings is 1. The van der Waals surface area contributed by atoms with E-state index in [0.717, 1.165) is 25.2 Å². The second-order valence-corrected chi connectivity index (χ2v) is 10.2. The molecule has 0 aromatic heterocycles. The lowest BCUT2D eigenvalue weighted by molar-refractivity contribution is 0.0283. The topological polar surface area (TPSA) is 27.7 Å². The fourth-order valence-corrected chi connectivity index (χ4v) is 3.66. The van der Waals surface area contributed by atoms with E-state index in [2.05, 4.69) is 44.3 Å². The Kier molecular flexibility index (Phi) is 15.0. The summed E-state index contributed by atoms with van der Waals surface area (Å²) in [5.74, 6) is 0.883. The first kappa shape index (κ1) is 24.9. The molecule has 160 valence electrons. The summed E-state index contributed by atoms with van der Waals surface area (Å²) in [4.78, 5) is 0. The van der Waals surface area contributed by atoms with Gasteiger partial charge in [0.05, 0.1) is 19.8 Å². The zero-order valence-electron chi connectivity index (χ0n) is 18.6. The third-order valence-corrected chi connectivity index (χ3v) is 5.73. The molecule has 0 spiro atoms. The van der Waals surface area contributed by atoms with Gasteiger partial charge in [0, 0.05) is 6.61 Å². The van der Waals surface area contributed by atoms with E-state index in [1.165, 1.54) is 50.5 Å². The van der Waals surface area contributed by atoms with Crippen LogP contribution < -0.4 is 4.74 Å². The Morgan fingerprint density at radius 1 is 0.964 bits per heavy atom. The third kappa shape index (κ3) is 13.1. The van der Waals surface area contributed by atoms with E-state index in [1.807, 2.05) is 12.1 Å². The van der Waals surface area contributed by atoms with Gasteiger partial charge < -0.3 is 13.9 Å². The first-order chi connectivity index (χ1) is 13.7. The first-order valence-electron chi connectivity index (χ1n) is 11.2. The summed E-state index contributed by atoms with van der Waals surface area (Å²) in [6.07, 6.45) is 16.1. The Balaban J connectivity index is 2.33. The van der Waals surface area contributed by atoms with Gasteiger partial charge in [0.25, 0.3) is 0 Å². The zero-order valence-corrected chi connectivity index (χ0v) is 19.8. The summed E-state index contributed by atoms with van der Waals surface area (Å²) >= 11 is 0. The van der Waals surface area contributed by atoms with Crippen molar-refractivity contribution in [3.63, 3.8) is 0 Å². The highest BCUT2D eigenvalue weighted by Gasteiger charge is 2.09. The number of hydrogen-bond donors (Lipinski definition) is 0. The molecule has 1 aromatic rings. The van der Waals surface area contributed by atoms with Gasteiger partial charge in [-0.25, -0.2) is 0 Å². The van der Waals surface area contributed by atoms with Crippen LogP contribution in [0.2, 0.25) is 13.1 Å². The third-order valence-electron chi connectivity index (χ3n) is 4.83. The van der Waals surface area contributed by atoms with Crippen LogP contribution in [0.5, 0.6) is 5.75 Å². The average Bonchev–Trinajstić information content (AvgIpc) is 2.70. The molecule has 0 N–H and O–H groups in total. The molecule has 1 atom stereocenters. The molecule has 0 saturated heterocycles. The largest absolute Gasteiger partial charge is 0.497 e. The van der Waals surface area contributed by atoms with E-state index in [0.29, 0.717) is 6.61 Å². The highest BCUT2D eigenvalue weighted by Crippen LogP contribution is 2.15. The van der Waals surface area contributed by atoms with Crippen molar-refractivity contribution in [2.45, 2.75) is 90.5 Å². The van der Waals surface area contributed by atoms with Crippen molar-refractivity contribution in [3.05, 3.63) is 42.0 Å². The molecule has 0 amide bonds. The molecule has 28 heavy (non-hydrogen) atoms. The minimum absolute atomic E-state index is 0.218. The van der Waals surface area contributed by atoms with Crippen molar-refractivity contribution in [2.24, 2.45) is 0 Å². The molecule has 3 nitrogen and oxygen atoms in total. The second-order valence-electron chi connectivity index (χ2n) is 7.75. The molecule has 0 radical (unpaired) electrons. The van der Waals surface area contributed by atoms with E-state index >= 15 is 0 Å². The Morgan fingerprint density at radius 3 is 2.36 bits per heavy atom. The predicted octanol–water partition coefficient (Wildman–Crippen LogP) is 6.67. The van der Waals surface area contributed by atoms with Gasteiger partial charge in [0.1, 0.15) is 5.75 Å². The molecular formula is C24H42O3Si. The summed E-state index contributed by atoms with van der Waals surface area (Å²) < 4.78 is 17.3. The fraction of sp³-hybridized carbons (Fsp3) is 0.667. The van der Waals surface area contributed by atoms with Gasteiger partial charge in [0.2, 0.25) is 0 Å². The highest BCUT2D eigenvalue weighted by atomic mass is 28.3. The molecular weight excluding hydrogens is 364 g/mol. The summed E-state index contributed by atoms with van der Waals surface area (Å²) in [5, 5.41) is 0. The average molecular weight is 407 g/mol. The minimum atomic E-state index is -0.961. The minimum Gasteiger partial charge on any atom is -0.497 e. The number of hydrogen-bond acceptors (Lipinski definition) is 3. The van der Waals surface area contributed by atoms with E-state index in [-0.39, 0.29) is 6.10 Å². The summed E-state index contributed by atoms with van der Waals surface area (Å²) in [6.45, 7) is 8.15. The van der Waals surface area contributed by atoms with Crippen molar-refractivity contribution in [1.29, 1.82) is 0 Å². The maximum Gasteiger partial charge on any atom is 0.170 e. The lowest BCUT2D eigenvalue weighted by Crippen LogP contribution is -2.18. The highest BCUT2D eigenvalue weighted by molar-refractivity contribution is 6.48. The van der Waals surface area contributed by atoms with Crippen LogP contribution in [-0.4, -0.2) is 28.9 Å². The predicted molar refractivity (Wildman–Crippen MR) is 123 cm³/mol. The normalized spacial score (nSPS) is 12.8. The van der Waals surface area contributed by atoms with Crippen LogP contribution in [0.3, 0.4) is 0 Å². The van der Waals surface area contributed by atoms with E-state index < -0.39 is 9.04 Å². The molecule has 0 fully saturated rings.